The van der Waals surface area contributed by atoms with Gasteiger partial charge in [0.1, 0.15) is 17.9 Å². The maximum atomic E-state index is 14.4. The molecule has 7 rings (SSSR count). The lowest BCUT2D eigenvalue weighted by atomic mass is 9.72. The van der Waals surface area contributed by atoms with Crippen molar-refractivity contribution < 1.29 is 27.1 Å². The summed E-state index contributed by atoms with van der Waals surface area (Å²) in [5.41, 5.74) is 1.28. The normalized spacial score (nSPS) is 21.3. The molecule has 0 N–H and O–H groups in total. The Kier molecular flexibility index (Phi) is 10.0. The standard InChI is InChI=1S/C38H47FN8O5S/c1-6-34(48)45-20-30-18-29(45)21-46(30)53(50,51)31-10-7-27(8-11-31)19-43-15-13-38(14-16-43)22-44(23-38)35-36(42-41-24-40-35)52-33-12-9-28(39)17-32(33)37(49)47(25(2)3)26(4)5/h6-12,17,24-26,29-30H,1,13-16,18-23H2,2-5H3/t29-,30-/m0/s1. The number of benzene rings is 2. The molecule has 53 heavy (non-hydrogen) atoms. The number of fused-ring (bicyclic) bond motifs is 2. The number of likely N-dealkylation sites (tertiary alicyclic amines) is 2. The van der Waals surface area contributed by atoms with Crippen molar-refractivity contribution in [2.75, 3.05) is 44.2 Å². The second-order valence-electron chi connectivity index (χ2n) is 15.3. The molecule has 282 valence electrons. The third kappa shape index (κ3) is 7.13. The van der Waals surface area contributed by atoms with E-state index >= 15 is 0 Å². The number of carbonyl (C=O) groups excluding carboxylic acids is 2. The van der Waals surface area contributed by atoms with Crippen LogP contribution in [0.15, 0.2) is 66.3 Å². The van der Waals surface area contributed by atoms with Crippen LogP contribution in [-0.4, -0.2) is 118 Å². The number of ether oxygens (including phenoxy) is 1. The number of carbonyl (C=O) groups is 2. The van der Waals surface area contributed by atoms with Crippen LogP contribution in [0.5, 0.6) is 11.6 Å². The van der Waals surface area contributed by atoms with E-state index in [1.807, 2.05) is 39.8 Å². The number of rotatable bonds is 11. The Labute approximate surface area is 310 Å². The van der Waals surface area contributed by atoms with E-state index in [1.54, 1.807) is 26.2 Å². The Morgan fingerprint density at radius 3 is 2.36 bits per heavy atom. The average molecular weight is 747 g/mol. The highest BCUT2D eigenvalue weighted by molar-refractivity contribution is 7.89. The summed E-state index contributed by atoms with van der Waals surface area (Å²) >= 11 is 0. The number of piperidine rings is 1. The number of nitrogens with zero attached hydrogens (tertiary/aromatic N) is 8. The summed E-state index contributed by atoms with van der Waals surface area (Å²) in [7, 11) is -3.66. The summed E-state index contributed by atoms with van der Waals surface area (Å²) < 4.78 is 49.1. The van der Waals surface area contributed by atoms with Crippen molar-refractivity contribution in [3.8, 4) is 11.6 Å². The molecule has 3 aromatic rings. The fraction of sp³-hybridized carbons (Fsp3) is 0.500. The number of hydrogen-bond acceptors (Lipinski definition) is 10. The van der Waals surface area contributed by atoms with Crippen LogP contribution in [0.4, 0.5) is 10.2 Å². The first-order chi connectivity index (χ1) is 25.3. The number of sulfonamides is 1. The van der Waals surface area contributed by atoms with Crippen molar-refractivity contribution >= 4 is 27.7 Å². The minimum Gasteiger partial charge on any atom is -0.434 e. The van der Waals surface area contributed by atoms with Gasteiger partial charge in [-0.2, -0.15) is 4.31 Å². The van der Waals surface area contributed by atoms with Gasteiger partial charge in [-0.15, -0.1) is 10.2 Å². The quantitative estimate of drug-likeness (QED) is 0.262. The highest BCUT2D eigenvalue weighted by Gasteiger charge is 2.50. The zero-order valence-electron chi connectivity index (χ0n) is 30.7. The molecule has 0 aliphatic carbocycles. The molecule has 4 aliphatic rings. The van der Waals surface area contributed by atoms with Crippen LogP contribution in [0.25, 0.3) is 0 Å². The molecule has 0 saturated carbocycles. The number of amides is 2. The molecule has 13 nitrogen and oxygen atoms in total. The summed E-state index contributed by atoms with van der Waals surface area (Å²) in [4.78, 5) is 38.3. The maximum absolute atomic E-state index is 14.4. The van der Waals surface area contributed by atoms with E-state index in [2.05, 4.69) is 31.6 Å². The van der Waals surface area contributed by atoms with Gasteiger partial charge in [-0.25, -0.2) is 17.8 Å². The van der Waals surface area contributed by atoms with Gasteiger partial charge < -0.3 is 19.4 Å². The lowest BCUT2D eigenvalue weighted by Crippen LogP contribution is -2.60. The van der Waals surface area contributed by atoms with Crippen LogP contribution in [0.3, 0.4) is 0 Å². The predicted octanol–water partition coefficient (Wildman–Crippen LogP) is 4.32. The molecule has 5 heterocycles. The minimum absolute atomic E-state index is 0.0963. The number of piperazine rings is 1. The van der Waals surface area contributed by atoms with E-state index in [9.17, 15) is 22.4 Å². The van der Waals surface area contributed by atoms with Crippen molar-refractivity contribution in [1.82, 2.24) is 34.2 Å². The topological polar surface area (TPSA) is 132 Å². The monoisotopic (exact) mass is 746 g/mol. The molecule has 1 aromatic heterocycles. The van der Waals surface area contributed by atoms with Gasteiger partial charge in [0, 0.05) is 62.3 Å². The van der Waals surface area contributed by atoms with E-state index < -0.39 is 15.8 Å². The average Bonchev–Trinajstić information content (AvgIpc) is 3.74. The fourth-order valence-corrected chi connectivity index (χ4v) is 10.2. The molecule has 15 heteroatoms. The minimum atomic E-state index is -3.66. The first-order valence-electron chi connectivity index (χ1n) is 18.3. The highest BCUT2D eigenvalue weighted by Crippen LogP contribution is 2.45. The molecule has 2 amide bonds. The van der Waals surface area contributed by atoms with E-state index in [4.69, 9.17) is 4.74 Å². The zero-order valence-corrected chi connectivity index (χ0v) is 31.5. The van der Waals surface area contributed by atoms with Gasteiger partial charge in [-0.1, -0.05) is 18.7 Å². The van der Waals surface area contributed by atoms with Gasteiger partial charge in [0.15, 0.2) is 5.82 Å². The molecule has 4 fully saturated rings. The Morgan fingerprint density at radius 1 is 1.04 bits per heavy atom. The molecule has 0 radical (unpaired) electrons. The van der Waals surface area contributed by atoms with Crippen molar-refractivity contribution in [3.63, 3.8) is 0 Å². The molecule has 2 atom stereocenters. The van der Waals surface area contributed by atoms with Gasteiger partial charge in [-0.05, 0) is 102 Å². The molecular formula is C38H47FN8O5S. The summed E-state index contributed by atoms with van der Waals surface area (Å²) in [5.74, 6) is -0.132. The molecule has 2 bridgehead atoms. The second kappa shape index (κ2) is 14.4. The van der Waals surface area contributed by atoms with Crippen LogP contribution in [0, 0.1) is 11.2 Å². The Morgan fingerprint density at radius 2 is 1.74 bits per heavy atom. The molecule has 4 aliphatic heterocycles. The van der Waals surface area contributed by atoms with Crippen molar-refractivity contribution in [2.24, 2.45) is 5.41 Å². The lowest BCUT2D eigenvalue weighted by molar-refractivity contribution is -0.127. The third-order valence-corrected chi connectivity index (χ3v) is 13.1. The number of halogens is 1. The summed E-state index contributed by atoms with van der Waals surface area (Å²) in [6.45, 7) is 16.0. The van der Waals surface area contributed by atoms with Gasteiger partial charge in [0.05, 0.1) is 10.5 Å². The van der Waals surface area contributed by atoms with Crippen LogP contribution >= 0.6 is 0 Å². The first kappa shape index (κ1) is 36.9. The van der Waals surface area contributed by atoms with E-state index in [1.165, 1.54) is 30.6 Å². The van der Waals surface area contributed by atoms with Gasteiger partial charge in [0.25, 0.3) is 11.8 Å². The number of anilines is 1. The summed E-state index contributed by atoms with van der Waals surface area (Å²) in [6.07, 6.45) is 5.30. The molecule has 0 unspecified atom stereocenters. The van der Waals surface area contributed by atoms with Crippen molar-refractivity contribution in [1.29, 1.82) is 0 Å². The zero-order chi connectivity index (χ0) is 37.7. The Bertz CT molecular complexity index is 1970. The lowest BCUT2D eigenvalue weighted by Gasteiger charge is -2.54. The number of aromatic nitrogens is 3. The van der Waals surface area contributed by atoms with Crippen molar-refractivity contribution in [3.05, 3.63) is 78.4 Å². The van der Waals surface area contributed by atoms with Gasteiger partial charge in [-0.3, -0.25) is 14.5 Å². The summed E-state index contributed by atoms with van der Waals surface area (Å²) in [6, 6.07) is 10.6. The van der Waals surface area contributed by atoms with Crippen molar-refractivity contribution in [2.45, 2.75) is 82.6 Å². The largest absolute Gasteiger partial charge is 0.434 e. The van der Waals surface area contributed by atoms with E-state index in [0.29, 0.717) is 25.3 Å². The SMILES string of the molecule is C=CC(=O)N1C[C@@H]2C[C@H]1CN2S(=O)(=O)c1ccc(CN2CCC3(CC2)CN(c2ncnnc2Oc2ccc(F)cc2C(=O)N(C(C)C)C(C)C)C3)cc1. The maximum Gasteiger partial charge on any atom is 0.282 e. The van der Waals surface area contributed by atoms with Crippen LogP contribution in [-0.2, 0) is 21.4 Å². The Hall–Kier alpha value is -4.47. The smallest absolute Gasteiger partial charge is 0.282 e. The van der Waals surface area contributed by atoms with E-state index in [-0.39, 0.29) is 63.5 Å². The van der Waals surface area contributed by atoms with Crippen LogP contribution < -0.4 is 9.64 Å². The molecule has 1 spiro atoms. The molecule has 4 saturated heterocycles. The van der Waals surface area contributed by atoms with E-state index in [0.717, 1.165) is 51.1 Å². The van der Waals surface area contributed by atoms with Crippen LogP contribution in [0.2, 0.25) is 0 Å². The predicted molar refractivity (Wildman–Crippen MR) is 196 cm³/mol. The van der Waals surface area contributed by atoms with Gasteiger partial charge in [0.2, 0.25) is 15.9 Å². The third-order valence-electron chi connectivity index (χ3n) is 11.2. The molecule has 2 aromatic carbocycles. The highest BCUT2D eigenvalue weighted by atomic mass is 32.2. The summed E-state index contributed by atoms with van der Waals surface area (Å²) in [5, 5.41) is 8.15. The second-order valence-corrected chi connectivity index (χ2v) is 17.2. The number of hydrogen-bond donors (Lipinski definition) is 0. The van der Waals surface area contributed by atoms with Crippen LogP contribution in [0.1, 0.15) is 62.9 Å². The first-order valence-corrected chi connectivity index (χ1v) is 19.7. The molecular weight excluding hydrogens is 700 g/mol. The fourth-order valence-electron chi connectivity index (χ4n) is 8.50. The Balaban J connectivity index is 0.943. The van der Waals surface area contributed by atoms with Gasteiger partial charge >= 0.3 is 0 Å².